The van der Waals surface area contributed by atoms with Crippen molar-refractivity contribution in [2.24, 2.45) is 11.7 Å². The van der Waals surface area contributed by atoms with Crippen LogP contribution in [0, 0.1) is 12.8 Å². The van der Waals surface area contributed by atoms with Crippen LogP contribution in [-0.4, -0.2) is 63.8 Å². The molecule has 2 unspecified atom stereocenters. The Labute approximate surface area is 226 Å². The fourth-order valence-corrected chi connectivity index (χ4v) is 5.58. The molecule has 1 fully saturated rings. The molecule has 3 aromatic rings. The van der Waals surface area contributed by atoms with E-state index in [9.17, 15) is 14.7 Å². The number of nitrogens with two attached hydrogens (primary N) is 1. The number of thiazole rings is 1. The van der Waals surface area contributed by atoms with Gasteiger partial charge in [0.1, 0.15) is 18.6 Å². The second kappa shape index (κ2) is 12.1. The maximum atomic E-state index is 13.7. The topological polar surface area (TPSA) is 144 Å². The van der Waals surface area contributed by atoms with E-state index < -0.39 is 18.1 Å². The number of aliphatic hydroxyl groups excluding tert-OH is 1. The molecule has 1 aliphatic heterocycles. The first-order valence-electron chi connectivity index (χ1n) is 12.8. The van der Waals surface area contributed by atoms with Gasteiger partial charge in [-0.05, 0) is 36.0 Å². The molecule has 10 nitrogen and oxygen atoms in total. The Morgan fingerprint density at radius 3 is 2.66 bits per heavy atom. The molecule has 1 saturated heterocycles. The lowest BCUT2D eigenvalue weighted by Crippen LogP contribution is -2.48. The van der Waals surface area contributed by atoms with Crippen molar-refractivity contribution in [3.8, 4) is 16.3 Å². The number of ether oxygens (including phenoxy) is 1. The SMILES string of the molecule is Cc1ncsc1-c1ccc(C(C)NC(=O)[C@@H]2C[C@@H](O)CN2C(=O)C(c2cc(OCCN)no2)C(C)C)cc1. The van der Waals surface area contributed by atoms with E-state index in [2.05, 4.69) is 15.5 Å². The zero-order valence-corrected chi connectivity index (χ0v) is 22.9. The quantitative estimate of drug-likeness (QED) is 0.355. The van der Waals surface area contributed by atoms with Crippen molar-refractivity contribution in [3.63, 3.8) is 0 Å². The second-order valence-electron chi connectivity index (χ2n) is 9.94. The number of aliphatic hydroxyl groups is 1. The number of aromatic nitrogens is 2. The van der Waals surface area contributed by atoms with Crippen LogP contribution in [0.2, 0.25) is 0 Å². The van der Waals surface area contributed by atoms with Crippen LogP contribution in [0.4, 0.5) is 0 Å². The molecule has 0 bridgehead atoms. The smallest absolute Gasteiger partial charge is 0.254 e. The first-order valence-corrected chi connectivity index (χ1v) is 13.7. The number of β-amino-alcohol motifs (C(OH)–C–C–N with tert-alkyl or cyclic N) is 1. The summed E-state index contributed by atoms with van der Waals surface area (Å²) in [6.45, 7) is 8.34. The van der Waals surface area contributed by atoms with Gasteiger partial charge in [0.15, 0.2) is 5.76 Å². The molecule has 0 aliphatic carbocycles. The summed E-state index contributed by atoms with van der Waals surface area (Å²) in [5.41, 5.74) is 10.3. The number of hydrogen-bond acceptors (Lipinski definition) is 9. The third kappa shape index (κ3) is 6.06. The van der Waals surface area contributed by atoms with E-state index in [-0.39, 0.29) is 49.2 Å². The minimum atomic E-state index is -0.795. The molecule has 0 spiro atoms. The Bertz CT molecular complexity index is 1240. The summed E-state index contributed by atoms with van der Waals surface area (Å²) >= 11 is 1.59. The number of aryl methyl sites for hydroxylation is 1. The van der Waals surface area contributed by atoms with Gasteiger partial charge in [0.25, 0.3) is 5.88 Å². The molecule has 1 aliphatic rings. The summed E-state index contributed by atoms with van der Waals surface area (Å²) in [5, 5.41) is 17.3. The summed E-state index contributed by atoms with van der Waals surface area (Å²) in [4.78, 5) is 33.9. The highest BCUT2D eigenvalue weighted by atomic mass is 32.1. The highest BCUT2D eigenvalue weighted by Crippen LogP contribution is 2.33. The minimum Gasteiger partial charge on any atom is -0.474 e. The van der Waals surface area contributed by atoms with E-state index in [0.717, 1.165) is 21.7 Å². The maximum absolute atomic E-state index is 13.7. The first kappa shape index (κ1) is 27.7. The number of likely N-dealkylation sites (tertiary alicyclic amines) is 1. The highest BCUT2D eigenvalue weighted by Gasteiger charge is 2.43. The first-order chi connectivity index (χ1) is 18.2. The Balaban J connectivity index is 1.46. The number of carbonyl (C=O) groups is 2. The number of carbonyl (C=O) groups excluding carboxylic acids is 2. The molecule has 2 amide bonds. The fraction of sp³-hybridized carbons (Fsp3) is 0.481. The molecular formula is C27H35N5O5S. The maximum Gasteiger partial charge on any atom is 0.254 e. The van der Waals surface area contributed by atoms with Crippen LogP contribution in [0.5, 0.6) is 5.88 Å². The molecular weight excluding hydrogens is 506 g/mol. The van der Waals surface area contributed by atoms with Crippen LogP contribution in [0.3, 0.4) is 0 Å². The third-order valence-corrected chi connectivity index (χ3v) is 7.73. The Morgan fingerprint density at radius 2 is 2.03 bits per heavy atom. The lowest BCUT2D eigenvalue weighted by molar-refractivity contribution is -0.141. The van der Waals surface area contributed by atoms with E-state index in [1.54, 1.807) is 17.4 Å². The summed E-state index contributed by atoms with van der Waals surface area (Å²) in [6, 6.07) is 8.50. The number of rotatable bonds is 10. The van der Waals surface area contributed by atoms with Gasteiger partial charge in [-0.2, -0.15) is 0 Å². The van der Waals surface area contributed by atoms with Gasteiger partial charge >= 0.3 is 0 Å². The minimum absolute atomic E-state index is 0.0715. The largest absolute Gasteiger partial charge is 0.474 e. The lowest BCUT2D eigenvalue weighted by atomic mass is 9.91. The fourth-order valence-electron chi connectivity index (χ4n) is 4.77. The summed E-state index contributed by atoms with van der Waals surface area (Å²) in [5.74, 6) is -0.823. The number of benzene rings is 1. The predicted octanol–water partition coefficient (Wildman–Crippen LogP) is 3.02. The monoisotopic (exact) mass is 541 g/mol. The summed E-state index contributed by atoms with van der Waals surface area (Å²) in [6.07, 6.45) is -0.627. The van der Waals surface area contributed by atoms with Crippen LogP contribution < -0.4 is 15.8 Å². The van der Waals surface area contributed by atoms with Gasteiger partial charge in [-0.25, -0.2) is 4.98 Å². The van der Waals surface area contributed by atoms with Crippen LogP contribution in [0.1, 0.15) is 56.2 Å². The second-order valence-corrected chi connectivity index (χ2v) is 10.8. The van der Waals surface area contributed by atoms with Crippen LogP contribution in [-0.2, 0) is 9.59 Å². The van der Waals surface area contributed by atoms with Gasteiger partial charge in [-0.1, -0.05) is 38.1 Å². The average molecular weight is 542 g/mol. The summed E-state index contributed by atoms with van der Waals surface area (Å²) in [7, 11) is 0. The van der Waals surface area contributed by atoms with Crippen molar-refractivity contribution in [1.29, 1.82) is 0 Å². The van der Waals surface area contributed by atoms with E-state index in [0.29, 0.717) is 12.3 Å². The zero-order valence-electron chi connectivity index (χ0n) is 22.1. The molecule has 2 aromatic heterocycles. The molecule has 38 heavy (non-hydrogen) atoms. The van der Waals surface area contributed by atoms with E-state index >= 15 is 0 Å². The van der Waals surface area contributed by atoms with Crippen molar-refractivity contribution in [2.75, 3.05) is 19.7 Å². The van der Waals surface area contributed by atoms with Crippen molar-refractivity contribution in [3.05, 3.63) is 52.9 Å². The van der Waals surface area contributed by atoms with Gasteiger partial charge in [0.2, 0.25) is 11.8 Å². The van der Waals surface area contributed by atoms with E-state index in [1.807, 2.05) is 57.5 Å². The normalized spacial score (nSPS) is 19.0. The lowest BCUT2D eigenvalue weighted by Gasteiger charge is -2.29. The van der Waals surface area contributed by atoms with Gasteiger partial charge < -0.3 is 30.3 Å². The predicted molar refractivity (Wildman–Crippen MR) is 144 cm³/mol. The molecule has 4 N–H and O–H groups in total. The zero-order chi connectivity index (χ0) is 27.4. The van der Waals surface area contributed by atoms with Gasteiger partial charge in [-0.3, -0.25) is 9.59 Å². The van der Waals surface area contributed by atoms with E-state index in [1.165, 1.54) is 4.90 Å². The van der Waals surface area contributed by atoms with Gasteiger partial charge in [0, 0.05) is 25.6 Å². The van der Waals surface area contributed by atoms with Crippen molar-refractivity contribution >= 4 is 23.2 Å². The number of nitrogens with one attached hydrogen (secondary N) is 1. The van der Waals surface area contributed by atoms with Crippen LogP contribution >= 0.6 is 11.3 Å². The summed E-state index contributed by atoms with van der Waals surface area (Å²) < 4.78 is 10.8. The highest BCUT2D eigenvalue weighted by molar-refractivity contribution is 7.13. The van der Waals surface area contributed by atoms with Crippen molar-refractivity contribution < 1.29 is 24.0 Å². The van der Waals surface area contributed by atoms with E-state index in [4.69, 9.17) is 15.0 Å². The molecule has 204 valence electrons. The number of hydrogen-bond donors (Lipinski definition) is 3. The number of amides is 2. The van der Waals surface area contributed by atoms with Crippen LogP contribution in [0.25, 0.3) is 10.4 Å². The van der Waals surface area contributed by atoms with Crippen molar-refractivity contribution in [1.82, 2.24) is 20.4 Å². The standard InChI is InChI=1S/C27H35N5O5S/c1-15(2)24(22-12-23(31-37-22)36-10-9-28)27(35)32-13-20(33)11-21(32)26(34)30-16(3)18-5-7-19(8-6-18)25-17(4)29-14-38-25/h5-8,12,14-16,20-21,24,33H,9-11,13,28H2,1-4H3,(H,30,34)/t16?,20-,21+,24?/m1/s1. The Hall–Kier alpha value is -3.28. The van der Waals surface area contributed by atoms with Crippen molar-refractivity contribution in [2.45, 2.75) is 58.2 Å². The Morgan fingerprint density at radius 1 is 1.29 bits per heavy atom. The van der Waals surface area contributed by atoms with Crippen LogP contribution in [0.15, 0.2) is 40.4 Å². The number of nitrogens with zero attached hydrogens (tertiary/aromatic N) is 3. The molecule has 3 heterocycles. The Kier molecular flexibility index (Phi) is 8.80. The molecule has 1 aromatic carbocycles. The van der Waals surface area contributed by atoms with Gasteiger partial charge in [-0.15, -0.1) is 11.3 Å². The molecule has 0 saturated carbocycles. The molecule has 4 rings (SSSR count). The molecule has 4 atom stereocenters. The third-order valence-electron chi connectivity index (χ3n) is 6.76. The molecule has 0 radical (unpaired) electrons. The van der Waals surface area contributed by atoms with Gasteiger partial charge in [0.05, 0.1) is 28.2 Å². The average Bonchev–Trinajstić information content (AvgIpc) is 3.62. The molecule has 11 heteroatoms.